The van der Waals surface area contributed by atoms with Crippen LogP contribution in [0.4, 0.5) is 5.69 Å². The third-order valence-electron chi connectivity index (χ3n) is 11.8. The number of sulfonamides is 1. The molecular formula is C37H44Cl2N4O5S. The predicted molar refractivity (Wildman–Crippen MR) is 192 cm³/mol. The Labute approximate surface area is 299 Å². The minimum Gasteiger partial charge on any atom is -0.490 e. The normalized spacial score (nSPS) is 31.8. The molecule has 0 saturated heterocycles. The second kappa shape index (κ2) is 12.9. The molecule has 1 aromatic heterocycles. The molecule has 2 aliphatic carbocycles. The van der Waals surface area contributed by atoms with E-state index in [-0.39, 0.29) is 28.7 Å². The van der Waals surface area contributed by atoms with Crippen molar-refractivity contribution in [2.24, 2.45) is 24.8 Å². The topological polar surface area (TPSA) is 103 Å². The highest BCUT2D eigenvalue weighted by Crippen LogP contribution is 2.52. The van der Waals surface area contributed by atoms with Gasteiger partial charge in [-0.2, -0.15) is 0 Å². The third kappa shape index (κ3) is 5.96. The van der Waals surface area contributed by atoms with Crippen molar-refractivity contribution in [3.63, 3.8) is 0 Å². The molecule has 2 aromatic carbocycles. The monoisotopic (exact) mass is 726 g/mol. The second-order valence-corrected chi connectivity index (χ2v) is 17.3. The highest BCUT2D eigenvalue weighted by Gasteiger charge is 2.51. The molecule has 6 atom stereocenters. The zero-order chi connectivity index (χ0) is 34.7. The molecule has 1 spiro atoms. The number of carbonyl (C=O) groups excluding carboxylic acids is 1. The number of methoxy groups -OCH3 is 1. The van der Waals surface area contributed by atoms with Gasteiger partial charge in [-0.25, -0.2) is 18.1 Å². The van der Waals surface area contributed by atoms with Gasteiger partial charge < -0.3 is 18.9 Å². The second-order valence-electron chi connectivity index (χ2n) is 14.5. The molecule has 4 aliphatic rings. The first-order valence-electron chi connectivity index (χ1n) is 17.1. The van der Waals surface area contributed by atoms with Crippen LogP contribution in [0, 0.1) is 17.8 Å². The van der Waals surface area contributed by atoms with Gasteiger partial charge in [-0.05, 0) is 110 Å². The van der Waals surface area contributed by atoms with Crippen LogP contribution in [-0.2, 0) is 39.2 Å². The van der Waals surface area contributed by atoms with Crippen LogP contribution in [0.2, 0.25) is 10.3 Å². The Morgan fingerprint density at radius 2 is 1.94 bits per heavy atom. The highest BCUT2D eigenvalue weighted by atomic mass is 35.5. The molecule has 3 heterocycles. The van der Waals surface area contributed by atoms with Crippen molar-refractivity contribution in [1.29, 1.82) is 0 Å². The minimum atomic E-state index is -3.99. The molecule has 1 saturated carbocycles. The van der Waals surface area contributed by atoms with Crippen molar-refractivity contribution in [3.8, 4) is 5.75 Å². The van der Waals surface area contributed by atoms with Gasteiger partial charge in [-0.15, -0.1) is 0 Å². The molecule has 262 valence electrons. The van der Waals surface area contributed by atoms with E-state index in [9.17, 15) is 13.2 Å². The number of halogens is 2. The molecule has 7 rings (SSSR count). The summed E-state index contributed by atoms with van der Waals surface area (Å²) >= 11 is 13.0. The summed E-state index contributed by atoms with van der Waals surface area (Å²) in [7, 11) is -0.364. The number of benzene rings is 2. The number of aromatic nitrogens is 2. The third-order valence-corrected chi connectivity index (χ3v) is 14.3. The average molecular weight is 728 g/mol. The lowest BCUT2D eigenvalue weighted by atomic mass is 9.63. The van der Waals surface area contributed by atoms with Crippen LogP contribution in [0.1, 0.15) is 73.1 Å². The summed E-state index contributed by atoms with van der Waals surface area (Å²) < 4.78 is 44.4. The van der Waals surface area contributed by atoms with E-state index in [2.05, 4.69) is 32.8 Å². The summed E-state index contributed by atoms with van der Waals surface area (Å²) in [5.41, 5.74) is 3.25. The highest BCUT2D eigenvalue weighted by molar-refractivity contribution is 7.90. The number of imidazole rings is 1. The number of rotatable bonds is 2. The number of anilines is 1. The van der Waals surface area contributed by atoms with Gasteiger partial charge in [0.2, 0.25) is 15.3 Å². The Morgan fingerprint density at radius 3 is 2.65 bits per heavy atom. The lowest BCUT2D eigenvalue weighted by molar-refractivity contribution is -0.0846. The zero-order valence-electron chi connectivity index (χ0n) is 28.4. The summed E-state index contributed by atoms with van der Waals surface area (Å²) in [6.07, 6.45) is 11.2. The van der Waals surface area contributed by atoms with E-state index in [4.69, 9.17) is 32.7 Å². The molecule has 49 heavy (non-hydrogen) atoms. The smallest absolute Gasteiger partial charge is 0.264 e. The number of nitrogens with zero attached hydrogens (tertiary/aromatic N) is 3. The number of amides is 1. The van der Waals surface area contributed by atoms with E-state index in [1.807, 2.05) is 36.7 Å². The number of hydrogen-bond donors (Lipinski definition) is 1. The molecule has 1 fully saturated rings. The van der Waals surface area contributed by atoms with Crippen molar-refractivity contribution in [2.75, 3.05) is 31.7 Å². The SMILES string of the molecule is CO[C@@]1(c2cnc(Cl)n2C)/C=C/C[C@H](C)[C@@H](C)S(=O)(=O)NC(=O)c2ccc3c(c2)N(C[C@@H]2CC[C@H]21)C[C@@]1(CCCc2cc(Cl)ccc21)CO3. The number of fused-ring (bicyclic) bond motifs is 4. The number of nitrogens with one attached hydrogen (secondary N) is 1. The van der Waals surface area contributed by atoms with E-state index in [0.717, 1.165) is 48.5 Å². The first kappa shape index (κ1) is 34.4. The minimum absolute atomic E-state index is 0.0806. The van der Waals surface area contributed by atoms with Crippen LogP contribution in [0.15, 0.2) is 54.7 Å². The Morgan fingerprint density at radius 1 is 1.12 bits per heavy atom. The standard InChI is InChI=1S/C37H44Cl2N4O5S/c1-23-7-5-16-37(47-4,33-19-40-35(39)42(33)3)30-12-9-27(30)20-43-21-36(15-6-8-25-17-28(38)11-13-29(25)36)22-48-32-14-10-26(18-31(32)43)34(44)41-49(45,46)24(23)2/h5,10-11,13-14,16-19,23-24,27,30H,6-9,12,15,20-22H2,1-4H3,(H,41,44)/b16-5+/t23-,24+,27-,30+,36-,37-/m0/s1. The Kier molecular flexibility index (Phi) is 9.08. The molecule has 9 nitrogen and oxygen atoms in total. The molecular weight excluding hydrogens is 683 g/mol. The molecule has 0 radical (unpaired) electrons. The Balaban J connectivity index is 1.37. The van der Waals surface area contributed by atoms with Gasteiger partial charge in [-0.3, -0.25) is 4.79 Å². The van der Waals surface area contributed by atoms with Crippen LogP contribution in [0.5, 0.6) is 5.75 Å². The van der Waals surface area contributed by atoms with Crippen molar-refractivity contribution in [3.05, 3.63) is 87.4 Å². The van der Waals surface area contributed by atoms with Crippen LogP contribution in [0.3, 0.4) is 0 Å². The lowest BCUT2D eigenvalue weighted by Crippen LogP contribution is -2.52. The van der Waals surface area contributed by atoms with E-state index in [1.54, 1.807) is 32.4 Å². The summed E-state index contributed by atoms with van der Waals surface area (Å²) in [5.74, 6) is 0.0483. The van der Waals surface area contributed by atoms with Gasteiger partial charge in [0.05, 0.1) is 29.4 Å². The van der Waals surface area contributed by atoms with Gasteiger partial charge in [0, 0.05) is 49.2 Å². The van der Waals surface area contributed by atoms with E-state index >= 15 is 0 Å². The summed E-state index contributed by atoms with van der Waals surface area (Å²) in [4.78, 5) is 20.4. The fourth-order valence-electron chi connectivity index (χ4n) is 8.60. The number of hydrogen-bond acceptors (Lipinski definition) is 7. The van der Waals surface area contributed by atoms with Crippen molar-refractivity contribution < 1.29 is 22.7 Å². The summed E-state index contributed by atoms with van der Waals surface area (Å²) in [5, 5.41) is 0.272. The maximum atomic E-state index is 13.6. The number of carbonyl (C=O) groups is 1. The number of ether oxygens (including phenoxy) is 2. The molecule has 2 aliphatic heterocycles. The largest absolute Gasteiger partial charge is 0.490 e. The summed E-state index contributed by atoms with van der Waals surface area (Å²) in [6.45, 7) is 5.36. The maximum Gasteiger partial charge on any atom is 0.264 e. The molecule has 1 amide bonds. The van der Waals surface area contributed by atoms with Crippen LogP contribution in [-0.4, -0.2) is 55.9 Å². The van der Waals surface area contributed by atoms with E-state index in [0.29, 0.717) is 37.2 Å². The van der Waals surface area contributed by atoms with Crippen molar-refractivity contribution in [2.45, 2.75) is 68.6 Å². The fraction of sp³-hybridized carbons (Fsp3) is 0.514. The number of allylic oxidation sites excluding steroid dienone is 1. The van der Waals surface area contributed by atoms with E-state index < -0.39 is 26.8 Å². The molecule has 3 aromatic rings. The molecule has 12 heteroatoms. The first-order valence-corrected chi connectivity index (χ1v) is 19.4. The van der Waals surface area contributed by atoms with Gasteiger partial charge in [0.25, 0.3) is 5.91 Å². The quantitative estimate of drug-likeness (QED) is 0.290. The van der Waals surface area contributed by atoms with Crippen LogP contribution < -0.4 is 14.4 Å². The Hall–Kier alpha value is -3.05. The predicted octanol–water partition coefficient (Wildman–Crippen LogP) is 6.81. The molecule has 1 N–H and O–H groups in total. The first-order chi connectivity index (χ1) is 23.4. The molecule has 0 unspecified atom stereocenters. The lowest BCUT2D eigenvalue weighted by Gasteiger charge is -2.50. The maximum absolute atomic E-state index is 13.6. The fourth-order valence-corrected chi connectivity index (χ4v) is 10.2. The van der Waals surface area contributed by atoms with Crippen LogP contribution in [0.25, 0.3) is 0 Å². The molecule has 2 bridgehead atoms. The van der Waals surface area contributed by atoms with Crippen molar-refractivity contribution in [1.82, 2.24) is 14.3 Å². The van der Waals surface area contributed by atoms with Gasteiger partial charge >= 0.3 is 0 Å². The summed E-state index contributed by atoms with van der Waals surface area (Å²) in [6, 6.07) is 11.4. The van der Waals surface area contributed by atoms with Gasteiger partial charge in [-0.1, -0.05) is 36.7 Å². The number of aryl methyl sites for hydroxylation is 1. The Bertz CT molecular complexity index is 1910. The van der Waals surface area contributed by atoms with Crippen LogP contribution >= 0.6 is 23.2 Å². The van der Waals surface area contributed by atoms with E-state index in [1.165, 1.54) is 11.1 Å². The van der Waals surface area contributed by atoms with Gasteiger partial charge in [0.15, 0.2) is 0 Å². The zero-order valence-corrected chi connectivity index (χ0v) is 30.7. The average Bonchev–Trinajstić information content (AvgIpc) is 3.32. The van der Waals surface area contributed by atoms with Crippen molar-refractivity contribution >= 4 is 44.8 Å². The van der Waals surface area contributed by atoms with Gasteiger partial charge in [0.1, 0.15) is 11.4 Å².